The summed E-state index contributed by atoms with van der Waals surface area (Å²) in [5.74, 6) is -1.17. The van der Waals surface area contributed by atoms with Crippen molar-refractivity contribution in [3.8, 4) is 10.6 Å². The van der Waals surface area contributed by atoms with E-state index in [1.165, 1.54) is 12.1 Å². The molecule has 2 aromatic carbocycles. The molecular weight excluding hydrogens is 456 g/mol. The number of thiazole rings is 1. The van der Waals surface area contributed by atoms with Gasteiger partial charge < -0.3 is 5.11 Å². The van der Waals surface area contributed by atoms with Crippen LogP contribution in [0.25, 0.3) is 10.6 Å². The topological polar surface area (TPSA) is 96.4 Å². The second-order valence-corrected chi connectivity index (χ2v) is 10.8. The van der Waals surface area contributed by atoms with Gasteiger partial charge in [0.1, 0.15) is 5.01 Å². The first kappa shape index (κ1) is 23.4. The Bertz CT molecular complexity index is 1200. The van der Waals surface area contributed by atoms with E-state index in [9.17, 15) is 18.3 Å². The third-order valence-electron chi connectivity index (χ3n) is 4.83. The minimum atomic E-state index is -3.84. The van der Waals surface area contributed by atoms with Gasteiger partial charge in [-0.25, -0.2) is 22.9 Å². The molecule has 0 saturated heterocycles. The number of nitrogens with zero attached hydrogens (tertiary/aromatic N) is 1. The quantitative estimate of drug-likeness (QED) is 0.468. The lowest BCUT2D eigenvalue weighted by Crippen LogP contribution is -2.26. The Labute approximate surface area is 191 Å². The van der Waals surface area contributed by atoms with Crippen LogP contribution in [0.5, 0.6) is 0 Å². The second-order valence-electron chi connectivity index (χ2n) is 7.39. The molecule has 0 saturated carbocycles. The maximum Gasteiger partial charge on any atom is 0.336 e. The smallest absolute Gasteiger partial charge is 0.336 e. The summed E-state index contributed by atoms with van der Waals surface area (Å²) in [7, 11) is -3.84. The monoisotopic (exact) mass is 478 g/mol. The number of benzene rings is 2. The van der Waals surface area contributed by atoms with Crippen LogP contribution < -0.4 is 4.72 Å². The third-order valence-corrected chi connectivity index (χ3v) is 7.60. The molecule has 0 amide bonds. The molecule has 0 aliphatic rings. The third kappa shape index (κ3) is 5.51. The number of rotatable bonds is 8. The van der Waals surface area contributed by atoms with Crippen molar-refractivity contribution in [2.24, 2.45) is 0 Å². The Balaban J connectivity index is 1.72. The van der Waals surface area contributed by atoms with Crippen LogP contribution in [0.2, 0.25) is 5.02 Å². The number of aromatic nitrogens is 1. The van der Waals surface area contributed by atoms with Crippen LogP contribution in [0, 0.1) is 6.92 Å². The minimum Gasteiger partial charge on any atom is -0.478 e. The van der Waals surface area contributed by atoms with Crippen molar-refractivity contribution in [3.63, 3.8) is 0 Å². The van der Waals surface area contributed by atoms with Crippen molar-refractivity contribution in [1.29, 1.82) is 0 Å². The zero-order valence-electron chi connectivity index (χ0n) is 17.3. The Kier molecular flexibility index (Phi) is 7.16. The van der Waals surface area contributed by atoms with E-state index in [2.05, 4.69) is 9.71 Å². The average molecular weight is 479 g/mol. The molecule has 1 aromatic heterocycles. The average Bonchev–Trinajstić information content (AvgIpc) is 3.08. The van der Waals surface area contributed by atoms with Crippen LogP contribution in [-0.2, 0) is 16.4 Å². The lowest BCUT2D eigenvalue weighted by Gasteiger charge is -2.12. The molecule has 0 aliphatic carbocycles. The summed E-state index contributed by atoms with van der Waals surface area (Å²) in [6.45, 7) is 5.83. The van der Waals surface area contributed by atoms with Crippen molar-refractivity contribution < 1.29 is 18.3 Å². The van der Waals surface area contributed by atoms with Crippen LogP contribution in [0.3, 0.4) is 0 Å². The summed E-state index contributed by atoms with van der Waals surface area (Å²) in [6, 6.07) is 11.6. The van der Waals surface area contributed by atoms with Crippen LogP contribution >= 0.6 is 22.9 Å². The van der Waals surface area contributed by atoms with E-state index < -0.39 is 16.0 Å². The fourth-order valence-electron chi connectivity index (χ4n) is 3.15. The summed E-state index contributed by atoms with van der Waals surface area (Å²) in [5.41, 5.74) is 2.37. The maximum absolute atomic E-state index is 12.7. The second kappa shape index (κ2) is 9.48. The highest BCUT2D eigenvalue weighted by Crippen LogP contribution is 2.29. The summed E-state index contributed by atoms with van der Waals surface area (Å²) < 4.78 is 27.9. The van der Waals surface area contributed by atoms with Gasteiger partial charge in [-0.1, -0.05) is 43.6 Å². The molecule has 0 fully saturated rings. The first-order valence-corrected chi connectivity index (χ1v) is 12.4. The number of carboxylic acid groups (broad SMARTS) is 1. The lowest BCUT2D eigenvalue weighted by molar-refractivity contribution is 0.0695. The van der Waals surface area contributed by atoms with E-state index in [0.29, 0.717) is 17.0 Å². The summed E-state index contributed by atoms with van der Waals surface area (Å²) in [5, 5.41) is 10.9. The van der Waals surface area contributed by atoms with Crippen molar-refractivity contribution in [1.82, 2.24) is 9.71 Å². The van der Waals surface area contributed by atoms with Gasteiger partial charge in [-0.3, -0.25) is 0 Å². The highest BCUT2D eigenvalue weighted by atomic mass is 35.5. The summed E-state index contributed by atoms with van der Waals surface area (Å²) >= 11 is 7.47. The van der Waals surface area contributed by atoms with E-state index in [1.54, 1.807) is 29.5 Å². The number of aromatic carboxylic acids is 1. The van der Waals surface area contributed by atoms with E-state index in [-0.39, 0.29) is 22.9 Å². The number of nitrogens with one attached hydrogen (secondary N) is 1. The van der Waals surface area contributed by atoms with Crippen LogP contribution in [0.1, 0.15) is 46.3 Å². The maximum atomic E-state index is 12.7. The predicted octanol–water partition coefficient (Wildman–Crippen LogP) is 5.11. The number of carboxylic acids is 1. The molecule has 0 radical (unpaired) electrons. The molecule has 0 aliphatic heterocycles. The molecule has 9 heteroatoms. The molecule has 3 aromatic rings. The molecular formula is C22H23ClN2O4S2. The van der Waals surface area contributed by atoms with Crippen molar-refractivity contribution in [3.05, 3.63) is 69.2 Å². The molecule has 0 bridgehead atoms. The van der Waals surface area contributed by atoms with Gasteiger partial charge in [0.25, 0.3) is 0 Å². The van der Waals surface area contributed by atoms with E-state index in [1.807, 2.05) is 32.9 Å². The van der Waals surface area contributed by atoms with Crippen LogP contribution in [0.4, 0.5) is 0 Å². The standard InChI is InChI=1S/C22H23ClN2O4S2/c1-13(2)18-9-8-17(12-19(18)22(26)27)31(28,29)24-11-10-20-14(3)30-21(25-20)15-4-6-16(23)7-5-15/h4-9,12-13,24H,10-11H2,1-3H3,(H,26,27). The number of aryl methyl sites for hydroxylation is 1. The van der Waals surface area contributed by atoms with Crippen LogP contribution in [0.15, 0.2) is 47.4 Å². The molecule has 6 nitrogen and oxygen atoms in total. The van der Waals surface area contributed by atoms with Gasteiger partial charge in [-0.05, 0) is 42.7 Å². The van der Waals surface area contributed by atoms with Gasteiger partial charge >= 0.3 is 5.97 Å². The van der Waals surface area contributed by atoms with Gasteiger partial charge in [-0.15, -0.1) is 11.3 Å². The van der Waals surface area contributed by atoms with Crippen molar-refractivity contribution in [2.45, 2.75) is 38.0 Å². The molecule has 1 heterocycles. The zero-order valence-corrected chi connectivity index (χ0v) is 19.7. The van der Waals surface area contributed by atoms with E-state index in [4.69, 9.17) is 11.6 Å². The zero-order chi connectivity index (χ0) is 22.8. The van der Waals surface area contributed by atoms with Gasteiger partial charge in [0.15, 0.2) is 0 Å². The van der Waals surface area contributed by atoms with Crippen molar-refractivity contribution in [2.75, 3.05) is 6.54 Å². The number of sulfonamides is 1. The minimum absolute atomic E-state index is 0.000766. The molecule has 164 valence electrons. The van der Waals surface area contributed by atoms with Crippen molar-refractivity contribution >= 4 is 38.9 Å². The largest absolute Gasteiger partial charge is 0.478 e. The molecule has 3 rings (SSSR count). The molecule has 2 N–H and O–H groups in total. The number of carbonyl (C=O) groups is 1. The molecule has 31 heavy (non-hydrogen) atoms. The Morgan fingerprint density at radius 2 is 1.87 bits per heavy atom. The van der Waals surface area contributed by atoms with E-state index >= 15 is 0 Å². The number of halogens is 1. The molecule has 0 spiro atoms. The summed E-state index contributed by atoms with van der Waals surface area (Å²) in [4.78, 5) is 17.1. The highest BCUT2D eigenvalue weighted by Gasteiger charge is 2.20. The van der Waals surface area contributed by atoms with Gasteiger partial charge in [0, 0.05) is 28.4 Å². The molecule has 0 unspecified atom stereocenters. The van der Waals surface area contributed by atoms with Gasteiger partial charge in [0.05, 0.1) is 16.2 Å². The predicted molar refractivity (Wildman–Crippen MR) is 124 cm³/mol. The first-order valence-electron chi connectivity index (χ1n) is 9.67. The van der Waals surface area contributed by atoms with Gasteiger partial charge in [-0.2, -0.15) is 0 Å². The first-order chi connectivity index (χ1) is 14.6. The molecule has 0 atom stereocenters. The SMILES string of the molecule is Cc1sc(-c2ccc(Cl)cc2)nc1CCNS(=O)(=O)c1ccc(C(C)C)c(C(=O)O)c1. The fourth-order valence-corrected chi connectivity index (χ4v) is 5.30. The fraction of sp³-hybridized carbons (Fsp3) is 0.273. The Morgan fingerprint density at radius 3 is 2.48 bits per heavy atom. The lowest BCUT2D eigenvalue weighted by atomic mass is 9.97. The van der Waals surface area contributed by atoms with Crippen LogP contribution in [-0.4, -0.2) is 31.0 Å². The van der Waals surface area contributed by atoms with E-state index in [0.717, 1.165) is 21.1 Å². The summed E-state index contributed by atoms with van der Waals surface area (Å²) in [6.07, 6.45) is 0.422. The Hall–Kier alpha value is -2.26. The van der Waals surface area contributed by atoms with Gasteiger partial charge in [0.2, 0.25) is 10.0 Å². The highest BCUT2D eigenvalue weighted by molar-refractivity contribution is 7.89. The Morgan fingerprint density at radius 1 is 1.19 bits per heavy atom. The number of hydrogen-bond donors (Lipinski definition) is 2. The normalized spacial score (nSPS) is 11.8. The number of hydrogen-bond acceptors (Lipinski definition) is 5.